The monoisotopic (exact) mass is 412 g/mol. The standard InChI is InChI=1S/C23H25O5P/c24-23(25)22(28-29(26,27)17-19-9-2-1-3-10-19)13-7-4-8-18-14-15-20-11-5-6-12-21(20)16-18/h1-3,5-6,9-12,14-16,22H,4,7-8,13,17H2,(H,24,25)(H,26,27). The van der Waals surface area contributed by atoms with Crippen LogP contribution in [0.25, 0.3) is 10.8 Å². The lowest BCUT2D eigenvalue weighted by Gasteiger charge is -2.18. The Balaban J connectivity index is 1.51. The smallest absolute Gasteiger partial charge is 0.333 e. The van der Waals surface area contributed by atoms with Crippen molar-refractivity contribution in [3.8, 4) is 0 Å². The van der Waals surface area contributed by atoms with Crippen LogP contribution in [-0.2, 0) is 26.5 Å². The van der Waals surface area contributed by atoms with E-state index in [4.69, 9.17) is 4.52 Å². The molecule has 0 fully saturated rings. The zero-order chi connectivity index (χ0) is 20.7. The van der Waals surface area contributed by atoms with Crippen LogP contribution < -0.4 is 0 Å². The average Bonchev–Trinajstić information content (AvgIpc) is 2.70. The SMILES string of the molecule is O=C(O)C(CCCCc1ccc2ccccc2c1)OP(=O)(O)Cc1ccccc1. The molecule has 0 aliphatic rings. The van der Waals surface area contributed by atoms with Crippen molar-refractivity contribution in [1.82, 2.24) is 0 Å². The molecule has 3 aromatic rings. The van der Waals surface area contributed by atoms with Gasteiger partial charge in [0.2, 0.25) is 0 Å². The van der Waals surface area contributed by atoms with Gasteiger partial charge in [-0.2, -0.15) is 0 Å². The Kier molecular flexibility index (Phi) is 7.21. The Hall–Kier alpha value is -2.46. The van der Waals surface area contributed by atoms with Crippen molar-refractivity contribution < 1.29 is 23.9 Å². The van der Waals surface area contributed by atoms with Crippen LogP contribution in [0, 0.1) is 0 Å². The van der Waals surface area contributed by atoms with Gasteiger partial charge in [0.05, 0.1) is 6.16 Å². The van der Waals surface area contributed by atoms with Crippen LogP contribution in [0.1, 0.15) is 30.4 Å². The summed E-state index contributed by atoms with van der Waals surface area (Å²) in [4.78, 5) is 21.6. The summed E-state index contributed by atoms with van der Waals surface area (Å²) in [6.07, 6.45) is 0.899. The van der Waals surface area contributed by atoms with Gasteiger partial charge in [0, 0.05) is 0 Å². The summed E-state index contributed by atoms with van der Waals surface area (Å²) in [5, 5.41) is 11.7. The van der Waals surface area contributed by atoms with Crippen LogP contribution in [0.15, 0.2) is 72.8 Å². The molecule has 29 heavy (non-hydrogen) atoms. The minimum absolute atomic E-state index is 0.197. The number of aliphatic carboxylic acids is 1. The molecule has 2 unspecified atom stereocenters. The number of unbranched alkanes of at least 4 members (excludes halogenated alkanes) is 1. The van der Waals surface area contributed by atoms with E-state index >= 15 is 0 Å². The van der Waals surface area contributed by atoms with Crippen molar-refractivity contribution in [3.63, 3.8) is 0 Å². The first kappa shape index (κ1) is 21.3. The topological polar surface area (TPSA) is 83.8 Å². The molecule has 3 aromatic carbocycles. The second-order valence-electron chi connectivity index (χ2n) is 7.14. The van der Waals surface area contributed by atoms with Gasteiger partial charge in [0.1, 0.15) is 0 Å². The van der Waals surface area contributed by atoms with E-state index in [1.807, 2.05) is 18.2 Å². The second kappa shape index (κ2) is 9.84. The fraction of sp³-hybridized carbons (Fsp3) is 0.261. The first-order valence-electron chi connectivity index (χ1n) is 9.67. The van der Waals surface area contributed by atoms with E-state index in [0.717, 1.165) is 12.8 Å². The van der Waals surface area contributed by atoms with Gasteiger partial charge in [-0.15, -0.1) is 0 Å². The number of carbonyl (C=O) groups is 1. The number of aryl methyl sites for hydroxylation is 1. The Labute approximate surface area is 170 Å². The van der Waals surface area contributed by atoms with Crippen LogP contribution in [-0.4, -0.2) is 22.1 Å². The second-order valence-corrected chi connectivity index (χ2v) is 8.94. The molecule has 152 valence electrons. The molecular formula is C23H25O5P. The number of hydrogen-bond donors (Lipinski definition) is 2. The van der Waals surface area contributed by atoms with Gasteiger partial charge in [-0.1, -0.05) is 72.8 Å². The first-order chi connectivity index (χ1) is 13.9. The third-order valence-electron chi connectivity index (χ3n) is 4.79. The minimum atomic E-state index is -4.04. The summed E-state index contributed by atoms with van der Waals surface area (Å²) < 4.78 is 17.5. The fourth-order valence-electron chi connectivity index (χ4n) is 3.32. The van der Waals surface area contributed by atoms with Crippen LogP contribution in [0.2, 0.25) is 0 Å². The maximum absolute atomic E-state index is 12.3. The van der Waals surface area contributed by atoms with E-state index in [1.165, 1.54) is 16.3 Å². The number of benzene rings is 3. The number of carboxylic acids is 1. The molecule has 5 nitrogen and oxygen atoms in total. The van der Waals surface area contributed by atoms with Crippen molar-refractivity contribution >= 4 is 24.3 Å². The van der Waals surface area contributed by atoms with Crippen molar-refractivity contribution in [2.45, 2.75) is 37.9 Å². The summed E-state index contributed by atoms with van der Waals surface area (Å²) in [6, 6.07) is 23.2. The Morgan fingerprint density at radius 3 is 2.31 bits per heavy atom. The van der Waals surface area contributed by atoms with Gasteiger partial charge in [-0.25, -0.2) is 4.79 Å². The molecular weight excluding hydrogens is 387 g/mol. The lowest BCUT2D eigenvalue weighted by Crippen LogP contribution is -2.23. The summed E-state index contributed by atoms with van der Waals surface area (Å²) in [7, 11) is -4.04. The third-order valence-corrected chi connectivity index (χ3v) is 6.14. The van der Waals surface area contributed by atoms with E-state index in [-0.39, 0.29) is 12.6 Å². The van der Waals surface area contributed by atoms with Crippen LogP contribution in [0.4, 0.5) is 0 Å². The normalized spacial score (nSPS) is 14.4. The van der Waals surface area contributed by atoms with Gasteiger partial charge in [-0.3, -0.25) is 9.09 Å². The van der Waals surface area contributed by atoms with Crippen molar-refractivity contribution in [2.75, 3.05) is 0 Å². The molecule has 0 radical (unpaired) electrons. The third kappa shape index (κ3) is 6.53. The van der Waals surface area contributed by atoms with E-state index < -0.39 is 19.7 Å². The largest absolute Gasteiger partial charge is 0.479 e. The Bertz CT molecular complexity index is 1000. The van der Waals surface area contributed by atoms with Gasteiger partial charge in [0.15, 0.2) is 6.10 Å². The lowest BCUT2D eigenvalue weighted by molar-refractivity contribution is -0.145. The summed E-state index contributed by atoms with van der Waals surface area (Å²) >= 11 is 0. The summed E-state index contributed by atoms with van der Waals surface area (Å²) in [5.74, 6) is -1.21. The summed E-state index contributed by atoms with van der Waals surface area (Å²) in [5.41, 5.74) is 1.83. The van der Waals surface area contributed by atoms with Gasteiger partial charge >= 0.3 is 13.6 Å². The van der Waals surface area contributed by atoms with E-state index in [9.17, 15) is 19.4 Å². The van der Waals surface area contributed by atoms with Gasteiger partial charge < -0.3 is 10.00 Å². The number of fused-ring (bicyclic) bond motifs is 1. The molecule has 6 heteroatoms. The number of hydrogen-bond acceptors (Lipinski definition) is 3. The van der Waals surface area contributed by atoms with Crippen LogP contribution >= 0.6 is 7.60 Å². The maximum atomic E-state index is 12.3. The molecule has 2 atom stereocenters. The van der Waals surface area contributed by atoms with E-state index in [2.05, 4.69) is 30.3 Å². The highest BCUT2D eigenvalue weighted by molar-refractivity contribution is 7.52. The molecule has 0 heterocycles. The molecule has 0 aliphatic carbocycles. The van der Waals surface area contributed by atoms with Crippen molar-refractivity contribution in [3.05, 3.63) is 83.9 Å². The molecule has 2 N–H and O–H groups in total. The van der Waals surface area contributed by atoms with E-state index in [1.54, 1.807) is 24.3 Å². The minimum Gasteiger partial charge on any atom is -0.479 e. The molecule has 0 bridgehead atoms. The van der Waals surface area contributed by atoms with Crippen molar-refractivity contribution in [1.29, 1.82) is 0 Å². The zero-order valence-corrected chi connectivity index (χ0v) is 17.0. The predicted molar refractivity (Wildman–Crippen MR) is 114 cm³/mol. The summed E-state index contributed by atoms with van der Waals surface area (Å²) in [6.45, 7) is 0. The Morgan fingerprint density at radius 1 is 0.897 bits per heavy atom. The highest BCUT2D eigenvalue weighted by atomic mass is 31.2. The van der Waals surface area contributed by atoms with Crippen LogP contribution in [0.5, 0.6) is 0 Å². The molecule has 0 amide bonds. The average molecular weight is 412 g/mol. The molecule has 0 aliphatic heterocycles. The van der Waals surface area contributed by atoms with Crippen molar-refractivity contribution in [2.24, 2.45) is 0 Å². The molecule has 0 aromatic heterocycles. The zero-order valence-electron chi connectivity index (χ0n) is 16.1. The predicted octanol–water partition coefficient (Wildman–Crippen LogP) is 5.41. The molecule has 0 saturated carbocycles. The van der Waals surface area contributed by atoms with Gasteiger partial charge in [0.25, 0.3) is 0 Å². The number of carboxylic acid groups (broad SMARTS) is 1. The van der Waals surface area contributed by atoms with Crippen LogP contribution in [0.3, 0.4) is 0 Å². The highest BCUT2D eigenvalue weighted by Gasteiger charge is 2.29. The quantitative estimate of drug-likeness (QED) is 0.344. The highest BCUT2D eigenvalue weighted by Crippen LogP contribution is 2.47. The number of rotatable bonds is 10. The van der Waals surface area contributed by atoms with Gasteiger partial charge in [-0.05, 0) is 47.6 Å². The molecule has 0 spiro atoms. The first-order valence-corrected chi connectivity index (χ1v) is 11.4. The molecule has 0 saturated heterocycles. The van der Waals surface area contributed by atoms with E-state index in [0.29, 0.717) is 12.0 Å². The maximum Gasteiger partial charge on any atom is 0.333 e. The Morgan fingerprint density at radius 2 is 1.59 bits per heavy atom. The lowest BCUT2D eigenvalue weighted by atomic mass is 10.0. The molecule has 3 rings (SSSR count). The fourth-order valence-corrected chi connectivity index (χ4v) is 4.66.